The van der Waals surface area contributed by atoms with Crippen molar-refractivity contribution in [2.45, 2.75) is 26.4 Å². The number of ether oxygens (including phenoxy) is 1. The predicted molar refractivity (Wildman–Crippen MR) is 85.3 cm³/mol. The zero-order valence-electron chi connectivity index (χ0n) is 12.9. The van der Waals surface area contributed by atoms with E-state index in [1.165, 1.54) is 12.1 Å². The second kappa shape index (κ2) is 6.64. The number of aliphatic hydroxyl groups is 1. The number of halogens is 1. The predicted octanol–water partition coefficient (Wildman–Crippen LogP) is 4.38. The molecule has 0 amide bonds. The molecule has 0 spiro atoms. The molecule has 0 aliphatic carbocycles. The molecule has 2 nitrogen and oxygen atoms in total. The molecule has 0 aliphatic heterocycles. The van der Waals surface area contributed by atoms with E-state index >= 15 is 0 Å². The monoisotopic (exact) mass is 298 g/mol. The fourth-order valence-corrected chi connectivity index (χ4v) is 1.64. The molecule has 0 saturated heterocycles. The normalized spacial score (nSPS) is 12.2. The van der Waals surface area contributed by atoms with Gasteiger partial charge in [0.25, 0.3) is 0 Å². The van der Waals surface area contributed by atoms with Gasteiger partial charge < -0.3 is 9.84 Å². The summed E-state index contributed by atoms with van der Waals surface area (Å²) < 4.78 is 18.7. The molecule has 1 unspecified atom stereocenters. The summed E-state index contributed by atoms with van der Waals surface area (Å²) in [6, 6.07) is 13.2. The Labute approximate surface area is 130 Å². The minimum atomic E-state index is -0.826. The fraction of sp³-hybridized carbons (Fsp3) is 0.263. The molecule has 1 N–H and O–H groups in total. The van der Waals surface area contributed by atoms with E-state index in [1.54, 1.807) is 38.1 Å². The lowest BCUT2D eigenvalue weighted by Gasteiger charge is -2.20. The summed E-state index contributed by atoms with van der Waals surface area (Å²) in [5.74, 6) is 6.66. The Kier molecular flexibility index (Phi) is 4.85. The van der Waals surface area contributed by atoms with Crippen LogP contribution in [-0.2, 0) is 0 Å². The molecule has 1 atom stereocenters. The molecule has 2 aromatic carbocycles. The SMILES string of the molecule is CC(C#Cc1ccc(Oc2cccc(F)c2)cc1)C(C)(C)O. The number of benzene rings is 2. The Morgan fingerprint density at radius 1 is 1.09 bits per heavy atom. The van der Waals surface area contributed by atoms with Crippen LogP contribution in [0, 0.1) is 23.6 Å². The molecule has 2 aromatic rings. The third-order valence-electron chi connectivity index (χ3n) is 3.38. The molecule has 0 saturated carbocycles. The van der Waals surface area contributed by atoms with Crippen molar-refractivity contribution in [2.75, 3.05) is 0 Å². The lowest BCUT2D eigenvalue weighted by Crippen LogP contribution is -2.27. The van der Waals surface area contributed by atoms with Crippen LogP contribution >= 0.6 is 0 Å². The molecular weight excluding hydrogens is 279 g/mol. The van der Waals surface area contributed by atoms with Gasteiger partial charge in [0.1, 0.15) is 17.3 Å². The second-order valence-electron chi connectivity index (χ2n) is 5.73. The van der Waals surface area contributed by atoms with Crippen molar-refractivity contribution in [1.29, 1.82) is 0 Å². The van der Waals surface area contributed by atoms with Crippen molar-refractivity contribution >= 4 is 0 Å². The molecule has 22 heavy (non-hydrogen) atoms. The highest BCUT2D eigenvalue weighted by molar-refractivity contribution is 5.40. The Morgan fingerprint density at radius 2 is 1.77 bits per heavy atom. The van der Waals surface area contributed by atoms with Gasteiger partial charge in [-0.3, -0.25) is 0 Å². The van der Waals surface area contributed by atoms with Gasteiger partial charge in [0.2, 0.25) is 0 Å². The lowest BCUT2D eigenvalue weighted by molar-refractivity contribution is 0.0477. The largest absolute Gasteiger partial charge is 0.457 e. The van der Waals surface area contributed by atoms with Gasteiger partial charge in [0.15, 0.2) is 0 Å². The molecule has 0 heterocycles. The first-order valence-corrected chi connectivity index (χ1v) is 7.12. The maximum absolute atomic E-state index is 13.1. The topological polar surface area (TPSA) is 29.5 Å². The molecule has 0 aliphatic rings. The van der Waals surface area contributed by atoms with Crippen LogP contribution in [0.4, 0.5) is 4.39 Å². The first kappa shape index (κ1) is 16.1. The van der Waals surface area contributed by atoms with Crippen molar-refractivity contribution in [2.24, 2.45) is 5.92 Å². The van der Waals surface area contributed by atoms with Gasteiger partial charge in [0, 0.05) is 17.5 Å². The minimum absolute atomic E-state index is 0.129. The Balaban J connectivity index is 2.06. The number of rotatable bonds is 3. The molecule has 0 bridgehead atoms. The summed E-state index contributed by atoms with van der Waals surface area (Å²) in [7, 11) is 0. The van der Waals surface area contributed by atoms with Gasteiger partial charge in [-0.1, -0.05) is 17.9 Å². The van der Waals surface area contributed by atoms with Crippen LogP contribution in [-0.4, -0.2) is 10.7 Å². The van der Waals surface area contributed by atoms with E-state index in [0.717, 1.165) is 5.56 Å². The summed E-state index contributed by atoms with van der Waals surface area (Å²) in [5, 5.41) is 9.84. The smallest absolute Gasteiger partial charge is 0.130 e. The summed E-state index contributed by atoms with van der Waals surface area (Å²) in [4.78, 5) is 0. The first-order chi connectivity index (χ1) is 10.3. The number of hydrogen-bond donors (Lipinski definition) is 1. The van der Waals surface area contributed by atoms with Crippen molar-refractivity contribution in [3.05, 3.63) is 59.9 Å². The van der Waals surface area contributed by atoms with Crippen molar-refractivity contribution in [3.63, 3.8) is 0 Å². The van der Waals surface area contributed by atoms with Crippen LogP contribution < -0.4 is 4.74 Å². The first-order valence-electron chi connectivity index (χ1n) is 7.12. The molecule has 0 aromatic heterocycles. The van der Waals surface area contributed by atoms with Crippen LogP contribution in [0.3, 0.4) is 0 Å². The van der Waals surface area contributed by atoms with Crippen molar-refractivity contribution in [3.8, 4) is 23.3 Å². The van der Waals surface area contributed by atoms with E-state index in [0.29, 0.717) is 11.5 Å². The van der Waals surface area contributed by atoms with Gasteiger partial charge in [-0.2, -0.15) is 0 Å². The molecular formula is C19H19FO2. The van der Waals surface area contributed by atoms with Crippen LogP contribution in [0.1, 0.15) is 26.3 Å². The van der Waals surface area contributed by atoms with E-state index in [-0.39, 0.29) is 11.7 Å². The highest BCUT2D eigenvalue weighted by atomic mass is 19.1. The number of hydrogen-bond acceptors (Lipinski definition) is 2. The molecule has 3 heteroatoms. The zero-order valence-corrected chi connectivity index (χ0v) is 12.9. The van der Waals surface area contributed by atoms with Gasteiger partial charge in [0.05, 0.1) is 5.60 Å². The average molecular weight is 298 g/mol. The quantitative estimate of drug-likeness (QED) is 0.852. The highest BCUT2D eigenvalue weighted by Gasteiger charge is 2.19. The fourth-order valence-electron chi connectivity index (χ4n) is 1.64. The summed E-state index contributed by atoms with van der Waals surface area (Å²) in [5.41, 5.74) is 0.00987. The molecule has 0 radical (unpaired) electrons. The van der Waals surface area contributed by atoms with E-state index in [4.69, 9.17) is 4.74 Å². The zero-order chi connectivity index (χ0) is 16.2. The maximum atomic E-state index is 13.1. The van der Waals surface area contributed by atoms with Crippen LogP contribution in [0.2, 0.25) is 0 Å². The third-order valence-corrected chi connectivity index (χ3v) is 3.38. The van der Waals surface area contributed by atoms with Crippen LogP contribution in [0.25, 0.3) is 0 Å². The van der Waals surface area contributed by atoms with E-state index in [1.807, 2.05) is 19.1 Å². The molecule has 114 valence electrons. The van der Waals surface area contributed by atoms with E-state index in [9.17, 15) is 9.50 Å². The second-order valence-corrected chi connectivity index (χ2v) is 5.73. The Hall–Kier alpha value is -2.31. The minimum Gasteiger partial charge on any atom is -0.457 e. The maximum Gasteiger partial charge on any atom is 0.130 e. The van der Waals surface area contributed by atoms with Crippen molar-refractivity contribution in [1.82, 2.24) is 0 Å². The van der Waals surface area contributed by atoms with Crippen LogP contribution in [0.15, 0.2) is 48.5 Å². The third kappa shape index (κ3) is 4.61. The summed E-state index contributed by atoms with van der Waals surface area (Å²) in [6.07, 6.45) is 0. The van der Waals surface area contributed by atoms with Gasteiger partial charge in [-0.05, 0) is 57.2 Å². The summed E-state index contributed by atoms with van der Waals surface area (Å²) in [6.45, 7) is 5.36. The van der Waals surface area contributed by atoms with Crippen molar-refractivity contribution < 1.29 is 14.2 Å². The standard InChI is InChI=1S/C19H19FO2/c1-14(19(2,3)21)7-8-15-9-11-17(12-10-15)22-18-6-4-5-16(20)13-18/h4-6,9-14,21H,1-3H3. The molecule has 0 fully saturated rings. The average Bonchev–Trinajstić information content (AvgIpc) is 2.45. The van der Waals surface area contributed by atoms with Gasteiger partial charge in [-0.15, -0.1) is 0 Å². The Morgan fingerprint density at radius 3 is 2.36 bits per heavy atom. The van der Waals surface area contributed by atoms with E-state index < -0.39 is 5.60 Å². The van der Waals surface area contributed by atoms with E-state index in [2.05, 4.69) is 11.8 Å². The highest BCUT2D eigenvalue weighted by Crippen LogP contribution is 2.22. The van der Waals surface area contributed by atoms with Gasteiger partial charge >= 0.3 is 0 Å². The lowest BCUT2D eigenvalue weighted by atomic mass is 9.93. The van der Waals surface area contributed by atoms with Gasteiger partial charge in [-0.25, -0.2) is 4.39 Å². The van der Waals surface area contributed by atoms with Crippen LogP contribution in [0.5, 0.6) is 11.5 Å². The summed E-state index contributed by atoms with van der Waals surface area (Å²) >= 11 is 0. The molecule has 2 rings (SSSR count). The Bertz CT molecular complexity index is 688.